The summed E-state index contributed by atoms with van der Waals surface area (Å²) in [6, 6.07) is 6.09. The zero-order valence-electron chi connectivity index (χ0n) is 11.2. The molecule has 0 aromatic carbocycles. The van der Waals surface area contributed by atoms with Crippen LogP contribution in [0, 0.1) is 12.8 Å². The summed E-state index contributed by atoms with van der Waals surface area (Å²) in [5.74, 6) is 0.722. The van der Waals surface area contributed by atoms with Crippen LogP contribution >= 0.6 is 0 Å². The zero-order valence-corrected chi connectivity index (χ0v) is 11.2. The van der Waals surface area contributed by atoms with E-state index in [1.165, 1.54) is 0 Å². The first-order valence-corrected chi connectivity index (χ1v) is 6.39. The molecule has 0 radical (unpaired) electrons. The number of ether oxygens (including phenoxy) is 1. The summed E-state index contributed by atoms with van der Waals surface area (Å²) >= 11 is 0. The molecule has 0 aliphatic heterocycles. The highest BCUT2D eigenvalue weighted by molar-refractivity contribution is 5.09. The van der Waals surface area contributed by atoms with Gasteiger partial charge in [0.15, 0.2) is 0 Å². The second-order valence-corrected chi connectivity index (χ2v) is 4.74. The molecule has 0 aliphatic rings. The summed E-state index contributed by atoms with van der Waals surface area (Å²) in [6.07, 6.45) is 1.14. The minimum Gasteiger partial charge on any atom is -0.380 e. The molecule has 1 rings (SSSR count). The molecule has 17 heavy (non-hydrogen) atoms. The van der Waals surface area contributed by atoms with Crippen molar-refractivity contribution in [3.8, 4) is 0 Å². The van der Waals surface area contributed by atoms with Crippen LogP contribution in [0.2, 0.25) is 0 Å². The number of rotatable bonds is 8. The highest BCUT2D eigenvalue weighted by Gasteiger charge is 1.96. The average Bonchev–Trinajstić information content (AvgIpc) is 2.27. The number of aryl methyl sites for hydroxylation is 1. The molecule has 3 nitrogen and oxygen atoms in total. The molecule has 0 unspecified atom stereocenters. The zero-order chi connectivity index (χ0) is 12.5. The molecule has 1 N–H and O–H groups in total. The van der Waals surface area contributed by atoms with Crippen molar-refractivity contribution in [3.05, 3.63) is 29.6 Å². The average molecular weight is 236 g/mol. The van der Waals surface area contributed by atoms with E-state index >= 15 is 0 Å². The van der Waals surface area contributed by atoms with E-state index in [9.17, 15) is 0 Å². The van der Waals surface area contributed by atoms with Crippen molar-refractivity contribution < 1.29 is 4.74 Å². The maximum atomic E-state index is 5.52. The second kappa shape index (κ2) is 8.20. The number of pyridine rings is 1. The summed E-state index contributed by atoms with van der Waals surface area (Å²) in [5.41, 5.74) is 2.16. The first-order valence-electron chi connectivity index (χ1n) is 6.39. The van der Waals surface area contributed by atoms with Gasteiger partial charge < -0.3 is 10.1 Å². The third-order valence-electron chi connectivity index (χ3n) is 2.51. The van der Waals surface area contributed by atoms with Crippen LogP contribution in [0.25, 0.3) is 0 Å². The summed E-state index contributed by atoms with van der Waals surface area (Å²) in [4.78, 5) is 4.43. The van der Waals surface area contributed by atoms with Gasteiger partial charge in [0.25, 0.3) is 0 Å². The summed E-state index contributed by atoms with van der Waals surface area (Å²) in [5, 5.41) is 3.33. The quantitative estimate of drug-likeness (QED) is 0.704. The monoisotopic (exact) mass is 236 g/mol. The van der Waals surface area contributed by atoms with E-state index in [4.69, 9.17) is 4.74 Å². The van der Waals surface area contributed by atoms with E-state index in [1.807, 2.05) is 25.1 Å². The highest BCUT2D eigenvalue weighted by Crippen LogP contribution is 1.99. The third kappa shape index (κ3) is 7.08. The Bertz CT molecular complexity index is 313. The minimum absolute atomic E-state index is 0.722. The molecule has 96 valence electrons. The van der Waals surface area contributed by atoms with Crippen LogP contribution in [0.15, 0.2) is 18.2 Å². The second-order valence-electron chi connectivity index (χ2n) is 4.74. The molecule has 0 saturated heterocycles. The molecular formula is C14H24N2O. The lowest BCUT2D eigenvalue weighted by molar-refractivity contribution is 0.125. The Morgan fingerprint density at radius 1 is 1.29 bits per heavy atom. The Morgan fingerprint density at radius 3 is 2.82 bits per heavy atom. The van der Waals surface area contributed by atoms with Gasteiger partial charge in [-0.2, -0.15) is 0 Å². The van der Waals surface area contributed by atoms with E-state index in [2.05, 4.69) is 24.1 Å². The maximum Gasteiger partial charge on any atom is 0.0591 e. The predicted molar refractivity (Wildman–Crippen MR) is 71.0 cm³/mol. The van der Waals surface area contributed by atoms with Gasteiger partial charge in [-0.3, -0.25) is 4.98 Å². The molecule has 0 aliphatic carbocycles. The van der Waals surface area contributed by atoms with E-state index in [0.29, 0.717) is 0 Å². The lowest BCUT2D eigenvalue weighted by Gasteiger charge is -2.07. The topological polar surface area (TPSA) is 34.1 Å². The fourth-order valence-corrected chi connectivity index (χ4v) is 1.48. The van der Waals surface area contributed by atoms with Crippen molar-refractivity contribution in [2.75, 3.05) is 19.8 Å². The van der Waals surface area contributed by atoms with Crippen LogP contribution in [-0.2, 0) is 11.3 Å². The predicted octanol–water partition coefficient (Wildman–Crippen LogP) is 2.54. The lowest BCUT2D eigenvalue weighted by atomic mass is 10.1. The summed E-state index contributed by atoms with van der Waals surface area (Å²) in [7, 11) is 0. The fraction of sp³-hybridized carbons (Fsp3) is 0.643. The van der Waals surface area contributed by atoms with Crippen molar-refractivity contribution in [1.82, 2.24) is 10.3 Å². The standard InChI is InChI=1S/C14H24N2O/c1-12(2)7-9-17-10-8-15-11-14-6-4-5-13(3)16-14/h4-6,12,15H,7-11H2,1-3H3. The van der Waals surface area contributed by atoms with E-state index < -0.39 is 0 Å². The molecule has 0 amide bonds. The van der Waals surface area contributed by atoms with Crippen LogP contribution in [0.1, 0.15) is 31.7 Å². The fourth-order valence-electron chi connectivity index (χ4n) is 1.48. The molecule has 0 bridgehead atoms. The third-order valence-corrected chi connectivity index (χ3v) is 2.51. The van der Waals surface area contributed by atoms with Gasteiger partial charge in [-0.1, -0.05) is 19.9 Å². The van der Waals surface area contributed by atoms with Crippen LogP contribution in [0.5, 0.6) is 0 Å². The maximum absolute atomic E-state index is 5.52. The lowest BCUT2D eigenvalue weighted by Crippen LogP contribution is -2.20. The van der Waals surface area contributed by atoms with Gasteiger partial charge in [0.05, 0.1) is 12.3 Å². The van der Waals surface area contributed by atoms with Gasteiger partial charge >= 0.3 is 0 Å². The molecule has 0 spiro atoms. The van der Waals surface area contributed by atoms with Crippen molar-refractivity contribution in [2.24, 2.45) is 5.92 Å². The van der Waals surface area contributed by atoms with E-state index in [0.717, 1.165) is 50.0 Å². The molecule has 1 aromatic rings. The number of nitrogens with one attached hydrogen (secondary N) is 1. The Labute approximate surface area is 105 Å². The molecular weight excluding hydrogens is 212 g/mol. The van der Waals surface area contributed by atoms with Crippen molar-refractivity contribution in [2.45, 2.75) is 33.7 Å². The van der Waals surface area contributed by atoms with Crippen LogP contribution in [-0.4, -0.2) is 24.7 Å². The largest absolute Gasteiger partial charge is 0.380 e. The molecule has 1 heterocycles. The van der Waals surface area contributed by atoms with Crippen molar-refractivity contribution in [3.63, 3.8) is 0 Å². The van der Waals surface area contributed by atoms with Crippen LogP contribution in [0.3, 0.4) is 0 Å². The van der Waals surface area contributed by atoms with E-state index in [-0.39, 0.29) is 0 Å². The first-order chi connectivity index (χ1) is 8.18. The summed E-state index contributed by atoms with van der Waals surface area (Å²) in [6.45, 7) is 9.78. The van der Waals surface area contributed by atoms with Gasteiger partial charge in [-0.15, -0.1) is 0 Å². The Kier molecular flexibility index (Phi) is 6.82. The number of nitrogens with zero attached hydrogens (tertiary/aromatic N) is 1. The molecule has 0 saturated carbocycles. The Morgan fingerprint density at radius 2 is 2.12 bits per heavy atom. The first kappa shape index (κ1) is 14.1. The normalized spacial score (nSPS) is 11.1. The van der Waals surface area contributed by atoms with Crippen molar-refractivity contribution in [1.29, 1.82) is 0 Å². The molecule has 0 atom stereocenters. The van der Waals surface area contributed by atoms with Crippen LogP contribution < -0.4 is 5.32 Å². The highest BCUT2D eigenvalue weighted by atomic mass is 16.5. The minimum atomic E-state index is 0.722. The number of hydrogen-bond donors (Lipinski definition) is 1. The van der Waals surface area contributed by atoms with Gasteiger partial charge in [0, 0.05) is 25.4 Å². The van der Waals surface area contributed by atoms with Gasteiger partial charge in [0.2, 0.25) is 0 Å². The van der Waals surface area contributed by atoms with Gasteiger partial charge in [-0.05, 0) is 31.4 Å². The van der Waals surface area contributed by atoms with E-state index in [1.54, 1.807) is 0 Å². The Balaban J connectivity index is 2.01. The number of hydrogen-bond acceptors (Lipinski definition) is 3. The Hall–Kier alpha value is -0.930. The molecule has 0 fully saturated rings. The van der Waals surface area contributed by atoms with Gasteiger partial charge in [0.1, 0.15) is 0 Å². The number of aromatic nitrogens is 1. The summed E-state index contributed by atoms with van der Waals surface area (Å²) < 4.78 is 5.52. The van der Waals surface area contributed by atoms with Crippen molar-refractivity contribution >= 4 is 0 Å². The molecule has 3 heteroatoms. The smallest absolute Gasteiger partial charge is 0.0591 e. The molecule has 1 aromatic heterocycles. The van der Waals surface area contributed by atoms with Gasteiger partial charge in [-0.25, -0.2) is 0 Å². The van der Waals surface area contributed by atoms with Crippen LogP contribution in [0.4, 0.5) is 0 Å². The SMILES string of the molecule is Cc1cccc(CNCCOCCC(C)C)n1.